The lowest BCUT2D eigenvalue weighted by Crippen LogP contribution is -2.31. The minimum Gasteiger partial charge on any atom is -0.384 e. The summed E-state index contributed by atoms with van der Waals surface area (Å²) in [5.74, 6) is 5.38. The van der Waals surface area contributed by atoms with Crippen LogP contribution < -0.4 is 21.9 Å². The van der Waals surface area contributed by atoms with Crippen LogP contribution >= 0.6 is 0 Å². The summed E-state index contributed by atoms with van der Waals surface area (Å²) in [6.07, 6.45) is 10.7. The molecule has 0 fully saturated rings. The van der Waals surface area contributed by atoms with Crippen molar-refractivity contribution in [1.82, 2.24) is 10.7 Å². The van der Waals surface area contributed by atoms with Crippen molar-refractivity contribution in [3.63, 3.8) is 0 Å². The van der Waals surface area contributed by atoms with Gasteiger partial charge in [0.05, 0.1) is 0 Å². The molecule has 2 aromatic carbocycles. The molecule has 5 nitrogen and oxygen atoms in total. The van der Waals surface area contributed by atoms with Gasteiger partial charge in [0.25, 0.3) is 5.91 Å². The average molecular weight is 447 g/mol. The lowest BCUT2D eigenvalue weighted by molar-refractivity contribution is 0.0952. The van der Waals surface area contributed by atoms with Gasteiger partial charge in [-0.25, -0.2) is 5.84 Å². The fraction of sp³-hybridized carbons (Fsp3) is 0.321. The third kappa shape index (κ3) is 8.04. The molecule has 0 radical (unpaired) electrons. The largest absolute Gasteiger partial charge is 0.384 e. The summed E-state index contributed by atoms with van der Waals surface area (Å²) in [6, 6.07) is 14.3. The van der Waals surface area contributed by atoms with Crippen LogP contribution in [0.25, 0.3) is 0 Å². The summed E-state index contributed by atoms with van der Waals surface area (Å²) >= 11 is 0. The van der Waals surface area contributed by atoms with Crippen molar-refractivity contribution < 1.29 is 4.79 Å². The number of nitrogens with one attached hydrogen (secondary N) is 3. The molecule has 1 amide bonds. The number of benzene rings is 2. The Balaban J connectivity index is 2.23. The first-order valence-electron chi connectivity index (χ1n) is 11.6. The monoisotopic (exact) mass is 446 g/mol. The van der Waals surface area contributed by atoms with Gasteiger partial charge in [0.2, 0.25) is 0 Å². The third-order valence-electron chi connectivity index (χ3n) is 5.63. The van der Waals surface area contributed by atoms with Gasteiger partial charge in [0.1, 0.15) is 0 Å². The van der Waals surface area contributed by atoms with Crippen LogP contribution in [0.4, 0.5) is 5.69 Å². The molecule has 2 aromatic rings. The zero-order valence-corrected chi connectivity index (χ0v) is 20.2. The van der Waals surface area contributed by atoms with E-state index in [0.29, 0.717) is 12.0 Å². The van der Waals surface area contributed by atoms with Crippen molar-refractivity contribution in [1.29, 1.82) is 0 Å². The first-order valence-corrected chi connectivity index (χ1v) is 11.6. The number of amides is 1. The third-order valence-corrected chi connectivity index (χ3v) is 5.63. The molecule has 1 atom stereocenters. The second-order valence-electron chi connectivity index (χ2n) is 8.14. The van der Waals surface area contributed by atoms with E-state index in [4.69, 9.17) is 5.84 Å². The number of hydrogen-bond donors (Lipinski definition) is 4. The number of anilines is 1. The highest BCUT2D eigenvalue weighted by molar-refractivity contribution is 5.96. The number of allylic oxidation sites excluding steroid dienone is 5. The van der Waals surface area contributed by atoms with Gasteiger partial charge < -0.3 is 10.6 Å². The van der Waals surface area contributed by atoms with Crippen molar-refractivity contribution >= 4 is 11.6 Å². The summed E-state index contributed by atoms with van der Waals surface area (Å²) in [6.45, 7) is 9.86. The van der Waals surface area contributed by atoms with Crippen LogP contribution in [0.15, 0.2) is 78.9 Å². The zero-order chi connectivity index (χ0) is 24.1. The van der Waals surface area contributed by atoms with Gasteiger partial charge in [0, 0.05) is 24.3 Å². The molecule has 33 heavy (non-hydrogen) atoms. The SMILES string of the molecule is C=C/C(=C\C=C/CC)C(C)Cc1c(NCCc2cccc(CNC)c2)cccc1C(=O)NN. The molecule has 0 aliphatic carbocycles. The normalized spacial score (nSPS) is 12.5. The van der Waals surface area contributed by atoms with Gasteiger partial charge in [-0.3, -0.25) is 10.2 Å². The number of hydrogen-bond acceptors (Lipinski definition) is 4. The Bertz CT molecular complexity index is 978. The standard InChI is InChI=1S/C28H38N4O/c1-5-7-8-13-24(6-2)21(3)18-26-25(28(33)32-29)14-10-15-27(26)31-17-16-22-11-9-12-23(19-22)20-30-4/h6-15,19,21,30-31H,2,5,16-18,20,29H2,1,3-4H3,(H,32,33)/b8-7-,24-13+. The average Bonchev–Trinajstić information content (AvgIpc) is 2.82. The van der Waals surface area contributed by atoms with Gasteiger partial charge >= 0.3 is 0 Å². The Morgan fingerprint density at radius 3 is 2.64 bits per heavy atom. The summed E-state index contributed by atoms with van der Waals surface area (Å²) in [4.78, 5) is 12.5. The van der Waals surface area contributed by atoms with Crippen LogP contribution in [0.2, 0.25) is 0 Å². The molecule has 0 saturated carbocycles. The van der Waals surface area contributed by atoms with Crippen molar-refractivity contribution in [2.75, 3.05) is 18.9 Å². The lowest BCUT2D eigenvalue weighted by atomic mass is 9.89. The van der Waals surface area contributed by atoms with Crippen LogP contribution in [-0.2, 0) is 19.4 Å². The molecule has 0 aliphatic rings. The molecular formula is C28H38N4O. The summed E-state index contributed by atoms with van der Waals surface area (Å²) in [5, 5.41) is 6.74. The van der Waals surface area contributed by atoms with Crippen molar-refractivity contribution in [3.8, 4) is 0 Å². The smallest absolute Gasteiger partial charge is 0.265 e. The van der Waals surface area contributed by atoms with Crippen molar-refractivity contribution in [2.24, 2.45) is 11.8 Å². The highest BCUT2D eigenvalue weighted by Gasteiger charge is 2.18. The molecule has 0 bridgehead atoms. The van der Waals surface area contributed by atoms with E-state index in [2.05, 4.69) is 79.0 Å². The Kier molecular flexibility index (Phi) is 11.1. The van der Waals surface area contributed by atoms with E-state index in [1.165, 1.54) is 11.1 Å². The molecule has 1 unspecified atom stereocenters. The molecule has 5 heteroatoms. The van der Waals surface area contributed by atoms with E-state index in [0.717, 1.165) is 42.8 Å². The van der Waals surface area contributed by atoms with E-state index in [1.807, 2.05) is 31.3 Å². The number of nitrogens with two attached hydrogens (primary N) is 1. The maximum absolute atomic E-state index is 12.5. The summed E-state index contributed by atoms with van der Waals surface area (Å²) in [5.41, 5.74) is 8.49. The Morgan fingerprint density at radius 2 is 1.94 bits per heavy atom. The number of rotatable bonds is 13. The number of carbonyl (C=O) groups is 1. The van der Waals surface area contributed by atoms with E-state index < -0.39 is 0 Å². The first kappa shape index (κ1) is 26.1. The molecule has 0 saturated heterocycles. The van der Waals surface area contributed by atoms with Crippen LogP contribution in [0.3, 0.4) is 0 Å². The highest BCUT2D eigenvalue weighted by Crippen LogP contribution is 2.27. The first-order chi connectivity index (χ1) is 16.0. The van der Waals surface area contributed by atoms with Gasteiger partial charge in [-0.1, -0.05) is 75.1 Å². The second kappa shape index (κ2) is 14.1. The molecule has 176 valence electrons. The Morgan fingerprint density at radius 1 is 1.18 bits per heavy atom. The predicted octanol–water partition coefficient (Wildman–Crippen LogP) is 4.92. The van der Waals surface area contributed by atoms with E-state index in [1.54, 1.807) is 0 Å². The zero-order valence-electron chi connectivity index (χ0n) is 20.2. The maximum Gasteiger partial charge on any atom is 0.265 e. The minimum atomic E-state index is -0.282. The van der Waals surface area contributed by atoms with E-state index >= 15 is 0 Å². The fourth-order valence-corrected chi connectivity index (χ4v) is 3.88. The Hall–Kier alpha value is -3.15. The molecule has 0 spiro atoms. The highest BCUT2D eigenvalue weighted by atomic mass is 16.2. The second-order valence-corrected chi connectivity index (χ2v) is 8.14. The quantitative estimate of drug-likeness (QED) is 0.152. The molecule has 5 N–H and O–H groups in total. The van der Waals surface area contributed by atoms with Crippen molar-refractivity contribution in [3.05, 3.63) is 101 Å². The summed E-state index contributed by atoms with van der Waals surface area (Å²) in [7, 11) is 1.95. The molecule has 0 aliphatic heterocycles. The Labute approximate surface area is 198 Å². The predicted molar refractivity (Wildman–Crippen MR) is 140 cm³/mol. The fourth-order valence-electron chi connectivity index (χ4n) is 3.88. The minimum absolute atomic E-state index is 0.189. The molecule has 2 rings (SSSR count). The van der Waals surface area contributed by atoms with Crippen LogP contribution in [0, 0.1) is 5.92 Å². The van der Waals surface area contributed by atoms with Crippen LogP contribution in [0.5, 0.6) is 0 Å². The number of nitrogen functional groups attached to an aromatic ring is 1. The maximum atomic E-state index is 12.5. The molecule has 0 heterocycles. The molecular weight excluding hydrogens is 408 g/mol. The molecule has 0 aromatic heterocycles. The van der Waals surface area contributed by atoms with E-state index in [9.17, 15) is 4.79 Å². The van der Waals surface area contributed by atoms with Gasteiger partial charge in [-0.2, -0.15) is 0 Å². The van der Waals surface area contributed by atoms with Crippen LogP contribution in [-0.4, -0.2) is 19.5 Å². The number of carbonyl (C=O) groups excluding carboxylic acids is 1. The van der Waals surface area contributed by atoms with Gasteiger partial charge in [-0.15, -0.1) is 0 Å². The lowest BCUT2D eigenvalue weighted by Gasteiger charge is -2.20. The number of hydrazine groups is 1. The van der Waals surface area contributed by atoms with Gasteiger partial charge in [-0.05, 0) is 66.6 Å². The van der Waals surface area contributed by atoms with Crippen molar-refractivity contribution in [2.45, 2.75) is 39.7 Å². The van der Waals surface area contributed by atoms with Crippen LogP contribution in [0.1, 0.15) is 47.3 Å². The van der Waals surface area contributed by atoms with Gasteiger partial charge in [0.15, 0.2) is 0 Å². The topological polar surface area (TPSA) is 79.2 Å². The summed E-state index contributed by atoms with van der Waals surface area (Å²) < 4.78 is 0. The van der Waals surface area contributed by atoms with E-state index in [-0.39, 0.29) is 11.8 Å².